The van der Waals surface area contributed by atoms with Crippen LogP contribution in [-0.2, 0) is 11.8 Å². The SMILES string of the molecule is C[C@H](Sc1nnc(-c2ccco2)n1C)C(=O)Nc1ccc(F)cc1. The van der Waals surface area contributed by atoms with Crippen molar-refractivity contribution in [2.45, 2.75) is 17.3 Å². The molecule has 24 heavy (non-hydrogen) atoms. The minimum absolute atomic E-state index is 0.200. The summed E-state index contributed by atoms with van der Waals surface area (Å²) in [7, 11) is 1.81. The van der Waals surface area contributed by atoms with Crippen molar-refractivity contribution < 1.29 is 13.6 Å². The number of carbonyl (C=O) groups is 1. The standard InChI is InChI=1S/C16H15FN4O2S/c1-10(15(22)18-12-7-5-11(17)6-8-12)24-16-20-19-14(21(16)2)13-4-3-9-23-13/h3-10H,1-2H3,(H,18,22)/t10-/m0/s1. The van der Waals surface area contributed by atoms with E-state index in [0.29, 0.717) is 22.4 Å². The smallest absolute Gasteiger partial charge is 0.237 e. The van der Waals surface area contributed by atoms with Crippen molar-refractivity contribution in [2.24, 2.45) is 7.05 Å². The maximum atomic E-state index is 12.9. The predicted molar refractivity (Wildman–Crippen MR) is 89.1 cm³/mol. The van der Waals surface area contributed by atoms with E-state index in [1.165, 1.54) is 36.0 Å². The number of furan rings is 1. The van der Waals surface area contributed by atoms with Gasteiger partial charge in [0.25, 0.3) is 0 Å². The zero-order chi connectivity index (χ0) is 17.1. The van der Waals surface area contributed by atoms with E-state index in [-0.39, 0.29) is 11.7 Å². The summed E-state index contributed by atoms with van der Waals surface area (Å²) in [6.07, 6.45) is 1.57. The number of nitrogens with one attached hydrogen (secondary N) is 1. The lowest BCUT2D eigenvalue weighted by Crippen LogP contribution is -2.22. The van der Waals surface area contributed by atoms with E-state index >= 15 is 0 Å². The van der Waals surface area contributed by atoms with Crippen LogP contribution >= 0.6 is 11.8 Å². The molecule has 1 atom stereocenters. The van der Waals surface area contributed by atoms with Crippen LogP contribution in [0.3, 0.4) is 0 Å². The zero-order valence-corrected chi connectivity index (χ0v) is 13.9. The summed E-state index contributed by atoms with van der Waals surface area (Å²) in [5.41, 5.74) is 0.545. The lowest BCUT2D eigenvalue weighted by Gasteiger charge is -2.11. The van der Waals surface area contributed by atoms with Gasteiger partial charge < -0.3 is 14.3 Å². The molecule has 0 bridgehead atoms. The highest BCUT2D eigenvalue weighted by Gasteiger charge is 2.20. The number of anilines is 1. The summed E-state index contributed by atoms with van der Waals surface area (Å²) in [4.78, 5) is 12.2. The number of halogens is 1. The van der Waals surface area contributed by atoms with Crippen molar-refractivity contribution in [1.82, 2.24) is 14.8 Å². The molecule has 0 aliphatic carbocycles. The van der Waals surface area contributed by atoms with E-state index in [2.05, 4.69) is 15.5 Å². The first-order chi connectivity index (χ1) is 11.5. The molecular weight excluding hydrogens is 331 g/mol. The highest BCUT2D eigenvalue weighted by Crippen LogP contribution is 2.26. The lowest BCUT2D eigenvalue weighted by molar-refractivity contribution is -0.115. The monoisotopic (exact) mass is 346 g/mol. The molecule has 0 spiro atoms. The largest absolute Gasteiger partial charge is 0.461 e. The van der Waals surface area contributed by atoms with Gasteiger partial charge in [0, 0.05) is 12.7 Å². The number of hydrogen-bond acceptors (Lipinski definition) is 5. The number of aromatic nitrogens is 3. The Morgan fingerprint density at radius 3 is 2.71 bits per heavy atom. The quantitative estimate of drug-likeness (QED) is 0.717. The third-order valence-corrected chi connectivity index (χ3v) is 4.47. The van der Waals surface area contributed by atoms with E-state index in [1.807, 2.05) is 7.05 Å². The van der Waals surface area contributed by atoms with Gasteiger partial charge in [-0.25, -0.2) is 4.39 Å². The second-order valence-corrected chi connectivity index (χ2v) is 6.41. The molecule has 3 aromatic rings. The minimum Gasteiger partial charge on any atom is -0.461 e. The van der Waals surface area contributed by atoms with E-state index < -0.39 is 5.25 Å². The number of rotatable bonds is 5. The summed E-state index contributed by atoms with van der Waals surface area (Å²) in [5.74, 6) is 0.656. The molecule has 0 saturated carbocycles. The molecule has 3 rings (SSSR count). The van der Waals surface area contributed by atoms with Gasteiger partial charge in [0.2, 0.25) is 5.91 Å². The van der Waals surface area contributed by atoms with Crippen molar-refractivity contribution in [3.8, 4) is 11.6 Å². The fourth-order valence-electron chi connectivity index (χ4n) is 2.03. The highest BCUT2D eigenvalue weighted by atomic mass is 32.2. The third kappa shape index (κ3) is 3.48. The molecule has 6 nitrogen and oxygen atoms in total. The summed E-state index contributed by atoms with van der Waals surface area (Å²) in [6, 6.07) is 9.19. The van der Waals surface area contributed by atoms with E-state index in [4.69, 9.17) is 4.42 Å². The van der Waals surface area contributed by atoms with Crippen LogP contribution in [0.2, 0.25) is 0 Å². The Morgan fingerprint density at radius 1 is 1.29 bits per heavy atom. The van der Waals surface area contributed by atoms with Gasteiger partial charge in [0.05, 0.1) is 11.5 Å². The van der Waals surface area contributed by atoms with Gasteiger partial charge in [-0.05, 0) is 43.3 Å². The van der Waals surface area contributed by atoms with Gasteiger partial charge in [-0.3, -0.25) is 4.79 Å². The average Bonchev–Trinajstić information content (AvgIpc) is 3.20. The molecule has 8 heteroatoms. The minimum atomic E-state index is -0.401. The van der Waals surface area contributed by atoms with Crippen LogP contribution < -0.4 is 5.32 Å². The number of benzene rings is 1. The number of amides is 1. The van der Waals surface area contributed by atoms with Gasteiger partial charge in [-0.1, -0.05) is 11.8 Å². The zero-order valence-electron chi connectivity index (χ0n) is 13.1. The predicted octanol–water partition coefficient (Wildman–Crippen LogP) is 3.33. The molecule has 0 aliphatic heterocycles. The Balaban J connectivity index is 1.67. The summed E-state index contributed by atoms with van der Waals surface area (Å²) in [5, 5.41) is 11.1. The Hall–Kier alpha value is -2.61. The second kappa shape index (κ2) is 6.88. The van der Waals surface area contributed by atoms with Gasteiger partial charge in [-0.15, -0.1) is 10.2 Å². The molecule has 1 aromatic carbocycles. The third-order valence-electron chi connectivity index (χ3n) is 3.34. The van der Waals surface area contributed by atoms with Crippen LogP contribution in [0, 0.1) is 5.82 Å². The Morgan fingerprint density at radius 2 is 2.04 bits per heavy atom. The Labute approximate surface area is 142 Å². The van der Waals surface area contributed by atoms with Gasteiger partial charge in [0.15, 0.2) is 16.7 Å². The van der Waals surface area contributed by atoms with Gasteiger partial charge in [-0.2, -0.15) is 0 Å². The van der Waals surface area contributed by atoms with Gasteiger partial charge in [0.1, 0.15) is 5.82 Å². The molecule has 0 aliphatic rings. The number of thioether (sulfide) groups is 1. The number of nitrogens with zero attached hydrogens (tertiary/aromatic N) is 3. The average molecular weight is 346 g/mol. The van der Waals surface area contributed by atoms with E-state index in [9.17, 15) is 9.18 Å². The first kappa shape index (κ1) is 16.3. The highest BCUT2D eigenvalue weighted by molar-refractivity contribution is 8.00. The number of hydrogen-bond donors (Lipinski definition) is 1. The van der Waals surface area contributed by atoms with Crippen LogP contribution in [0.15, 0.2) is 52.2 Å². The van der Waals surface area contributed by atoms with Crippen molar-refractivity contribution in [2.75, 3.05) is 5.32 Å². The maximum absolute atomic E-state index is 12.9. The van der Waals surface area contributed by atoms with Crippen molar-refractivity contribution in [3.05, 3.63) is 48.5 Å². The van der Waals surface area contributed by atoms with Crippen molar-refractivity contribution in [1.29, 1.82) is 0 Å². The van der Waals surface area contributed by atoms with Crippen LogP contribution in [0.4, 0.5) is 10.1 Å². The molecule has 1 N–H and O–H groups in total. The molecule has 0 saturated heterocycles. The van der Waals surface area contributed by atoms with Crippen molar-refractivity contribution >= 4 is 23.4 Å². The molecule has 0 radical (unpaired) electrons. The Kier molecular flexibility index (Phi) is 4.66. The van der Waals surface area contributed by atoms with Crippen LogP contribution in [0.5, 0.6) is 0 Å². The van der Waals surface area contributed by atoms with Crippen LogP contribution in [-0.4, -0.2) is 25.9 Å². The fraction of sp³-hybridized carbons (Fsp3) is 0.188. The van der Waals surface area contributed by atoms with Crippen LogP contribution in [0.1, 0.15) is 6.92 Å². The second-order valence-electron chi connectivity index (χ2n) is 5.10. The Bertz CT molecular complexity index is 830. The fourth-order valence-corrected chi connectivity index (χ4v) is 2.84. The molecule has 124 valence electrons. The topological polar surface area (TPSA) is 73.0 Å². The molecule has 2 aromatic heterocycles. The first-order valence-corrected chi connectivity index (χ1v) is 8.09. The maximum Gasteiger partial charge on any atom is 0.237 e. The summed E-state index contributed by atoms with van der Waals surface area (Å²) in [6.45, 7) is 1.77. The first-order valence-electron chi connectivity index (χ1n) is 7.21. The molecule has 0 unspecified atom stereocenters. The molecule has 1 amide bonds. The normalized spacial score (nSPS) is 12.1. The van der Waals surface area contributed by atoms with Crippen molar-refractivity contribution in [3.63, 3.8) is 0 Å². The molecule has 2 heterocycles. The lowest BCUT2D eigenvalue weighted by atomic mass is 10.3. The summed E-state index contributed by atoms with van der Waals surface area (Å²) < 4.78 is 20.0. The number of carbonyl (C=O) groups excluding carboxylic acids is 1. The van der Waals surface area contributed by atoms with E-state index in [0.717, 1.165) is 0 Å². The molecule has 0 fully saturated rings. The molecular formula is C16H15FN4O2S. The van der Waals surface area contributed by atoms with Crippen LogP contribution in [0.25, 0.3) is 11.6 Å². The summed E-state index contributed by atoms with van der Waals surface area (Å²) >= 11 is 1.28. The van der Waals surface area contributed by atoms with Gasteiger partial charge >= 0.3 is 0 Å². The van der Waals surface area contributed by atoms with E-state index in [1.54, 1.807) is 29.9 Å².